The third-order valence-corrected chi connectivity index (χ3v) is 8.76. The highest BCUT2D eigenvalue weighted by molar-refractivity contribution is 5.98. The second-order valence-electron chi connectivity index (χ2n) is 13.0. The molecule has 1 aliphatic carbocycles. The standard InChI is InChI=1S/C31H40N2O3/c1-7-30(4,5)23-11-12-26-25(14-23)32(27(34)18-36-26)17-21-9-8-10-22(13-21)28(35)33-20-31(6)16-24(33)15-29(2,3)19-31/h8-14,24H,7,15-20H2,1-6H3. The molecule has 0 radical (unpaired) electrons. The Bertz CT molecular complexity index is 1200. The van der Waals surface area contributed by atoms with Crippen molar-refractivity contribution in [2.24, 2.45) is 10.8 Å². The molecule has 192 valence electrons. The maximum atomic E-state index is 13.7. The van der Waals surface area contributed by atoms with Crippen LogP contribution < -0.4 is 9.64 Å². The van der Waals surface area contributed by atoms with Gasteiger partial charge in [0.05, 0.1) is 12.2 Å². The number of nitrogens with zero attached hydrogens (tertiary/aromatic N) is 2. The molecule has 2 atom stereocenters. The van der Waals surface area contributed by atoms with Crippen LogP contribution in [0.3, 0.4) is 0 Å². The summed E-state index contributed by atoms with van der Waals surface area (Å²) >= 11 is 0. The van der Waals surface area contributed by atoms with Crippen LogP contribution in [0.4, 0.5) is 5.69 Å². The lowest BCUT2D eigenvalue weighted by atomic mass is 9.65. The normalized spacial score (nSPS) is 24.9. The Hall–Kier alpha value is -2.82. The lowest BCUT2D eigenvalue weighted by Crippen LogP contribution is -2.39. The van der Waals surface area contributed by atoms with Gasteiger partial charge in [0, 0.05) is 18.2 Å². The van der Waals surface area contributed by atoms with Gasteiger partial charge in [-0.05, 0) is 77.3 Å². The second kappa shape index (κ2) is 8.64. The molecule has 0 N–H and O–H groups in total. The van der Waals surface area contributed by atoms with Crippen LogP contribution >= 0.6 is 0 Å². The minimum Gasteiger partial charge on any atom is -0.482 e. The summed E-state index contributed by atoms with van der Waals surface area (Å²) in [6.07, 6.45) is 4.31. The van der Waals surface area contributed by atoms with Crippen molar-refractivity contribution in [2.75, 3.05) is 18.1 Å². The van der Waals surface area contributed by atoms with Crippen molar-refractivity contribution in [3.05, 3.63) is 59.2 Å². The fourth-order valence-electron chi connectivity index (χ4n) is 6.85. The van der Waals surface area contributed by atoms with E-state index in [-0.39, 0.29) is 34.7 Å². The molecule has 2 fully saturated rings. The second-order valence-corrected chi connectivity index (χ2v) is 13.0. The van der Waals surface area contributed by atoms with Crippen molar-refractivity contribution in [1.82, 2.24) is 4.90 Å². The van der Waals surface area contributed by atoms with E-state index >= 15 is 0 Å². The van der Waals surface area contributed by atoms with E-state index in [1.54, 1.807) is 0 Å². The van der Waals surface area contributed by atoms with Crippen molar-refractivity contribution in [3.63, 3.8) is 0 Å². The highest BCUT2D eigenvalue weighted by atomic mass is 16.5. The molecular weight excluding hydrogens is 448 g/mol. The predicted molar refractivity (Wildman–Crippen MR) is 143 cm³/mol. The van der Waals surface area contributed by atoms with Gasteiger partial charge in [-0.1, -0.05) is 59.7 Å². The Kier molecular flexibility index (Phi) is 5.96. The fraction of sp³-hybridized carbons (Fsp3) is 0.548. The zero-order chi connectivity index (χ0) is 25.9. The number of amides is 2. The first-order chi connectivity index (χ1) is 16.9. The van der Waals surface area contributed by atoms with E-state index in [9.17, 15) is 9.59 Å². The molecule has 3 aliphatic rings. The number of rotatable bonds is 5. The molecule has 5 nitrogen and oxygen atoms in total. The van der Waals surface area contributed by atoms with Gasteiger partial charge in [-0.3, -0.25) is 9.59 Å². The van der Waals surface area contributed by atoms with Gasteiger partial charge in [0.2, 0.25) is 0 Å². The van der Waals surface area contributed by atoms with Crippen LogP contribution in [0.2, 0.25) is 0 Å². The maximum absolute atomic E-state index is 13.7. The van der Waals surface area contributed by atoms with Crippen molar-refractivity contribution < 1.29 is 14.3 Å². The van der Waals surface area contributed by atoms with Gasteiger partial charge in [0.15, 0.2) is 6.61 Å². The Labute approximate surface area is 215 Å². The van der Waals surface area contributed by atoms with Gasteiger partial charge in [0.1, 0.15) is 5.75 Å². The molecule has 5 rings (SSSR count). The summed E-state index contributed by atoms with van der Waals surface area (Å²) in [5, 5.41) is 0. The highest BCUT2D eigenvalue weighted by Crippen LogP contribution is 2.52. The van der Waals surface area contributed by atoms with Crippen molar-refractivity contribution >= 4 is 17.5 Å². The van der Waals surface area contributed by atoms with Gasteiger partial charge in [-0.25, -0.2) is 0 Å². The number of fused-ring (bicyclic) bond motifs is 3. The van der Waals surface area contributed by atoms with Crippen LogP contribution in [0.1, 0.15) is 88.7 Å². The van der Waals surface area contributed by atoms with Crippen molar-refractivity contribution in [3.8, 4) is 5.75 Å². The average Bonchev–Trinajstić information content (AvgIpc) is 3.08. The number of likely N-dealkylation sites (tertiary alicyclic amines) is 1. The first-order valence-electron chi connectivity index (χ1n) is 13.4. The molecule has 2 heterocycles. The Balaban J connectivity index is 1.40. The van der Waals surface area contributed by atoms with Gasteiger partial charge in [-0.15, -0.1) is 0 Å². The number of carbonyl (C=O) groups is 2. The molecule has 2 aromatic rings. The lowest BCUT2D eigenvalue weighted by molar-refractivity contribution is -0.121. The first kappa shape index (κ1) is 24.9. The zero-order valence-electron chi connectivity index (χ0n) is 22.7. The lowest BCUT2D eigenvalue weighted by Gasteiger charge is -2.39. The molecule has 2 bridgehead atoms. The van der Waals surface area contributed by atoms with Crippen LogP contribution in [0.25, 0.3) is 0 Å². The molecule has 36 heavy (non-hydrogen) atoms. The molecule has 2 amide bonds. The fourth-order valence-corrected chi connectivity index (χ4v) is 6.85. The number of benzene rings is 2. The number of hydrogen-bond acceptors (Lipinski definition) is 3. The number of anilines is 1. The summed E-state index contributed by atoms with van der Waals surface area (Å²) in [6.45, 7) is 14.9. The van der Waals surface area contributed by atoms with Crippen LogP contribution in [-0.4, -0.2) is 35.9 Å². The molecule has 2 unspecified atom stereocenters. The van der Waals surface area contributed by atoms with Crippen molar-refractivity contribution in [2.45, 2.75) is 85.2 Å². The van der Waals surface area contributed by atoms with Gasteiger partial charge >= 0.3 is 0 Å². The molecular formula is C31H40N2O3. The largest absolute Gasteiger partial charge is 0.482 e. The van der Waals surface area contributed by atoms with Crippen LogP contribution in [0.15, 0.2) is 42.5 Å². The monoisotopic (exact) mass is 488 g/mol. The number of ether oxygens (including phenoxy) is 1. The SMILES string of the molecule is CCC(C)(C)c1ccc2c(c1)N(Cc1cccc(C(=O)N3CC4(C)CC3CC(C)(C)C4)c1)C(=O)CO2. The topological polar surface area (TPSA) is 49.9 Å². The summed E-state index contributed by atoms with van der Waals surface area (Å²) in [5.41, 5.74) is 4.14. The minimum atomic E-state index is -0.0609. The first-order valence-corrected chi connectivity index (χ1v) is 13.4. The third kappa shape index (κ3) is 4.53. The molecule has 1 saturated heterocycles. The molecule has 0 aromatic heterocycles. The third-order valence-electron chi connectivity index (χ3n) is 8.76. The molecule has 1 saturated carbocycles. The van der Waals surface area contributed by atoms with E-state index in [1.165, 1.54) is 5.56 Å². The van der Waals surface area contributed by atoms with E-state index in [0.29, 0.717) is 18.2 Å². The minimum absolute atomic E-state index is 0.00651. The Morgan fingerprint density at radius 3 is 2.64 bits per heavy atom. The van der Waals surface area contributed by atoms with E-state index in [4.69, 9.17) is 4.74 Å². The Morgan fingerprint density at radius 2 is 1.89 bits per heavy atom. The van der Waals surface area contributed by atoms with Crippen LogP contribution in [0.5, 0.6) is 5.75 Å². The number of hydrogen-bond donors (Lipinski definition) is 0. The van der Waals surface area contributed by atoms with Gasteiger partial charge < -0.3 is 14.5 Å². The summed E-state index contributed by atoms with van der Waals surface area (Å²) in [5.74, 6) is 0.788. The quantitative estimate of drug-likeness (QED) is 0.493. The van der Waals surface area contributed by atoms with Crippen molar-refractivity contribution in [1.29, 1.82) is 0 Å². The smallest absolute Gasteiger partial charge is 0.265 e. The van der Waals surface area contributed by atoms with Crippen LogP contribution in [0, 0.1) is 10.8 Å². The van der Waals surface area contributed by atoms with E-state index in [0.717, 1.165) is 49.2 Å². The average molecular weight is 489 g/mol. The highest BCUT2D eigenvalue weighted by Gasteiger charge is 2.51. The summed E-state index contributed by atoms with van der Waals surface area (Å²) < 4.78 is 5.75. The van der Waals surface area contributed by atoms with Gasteiger partial charge in [-0.2, -0.15) is 0 Å². The molecule has 5 heteroatoms. The molecule has 0 spiro atoms. The molecule has 2 aromatic carbocycles. The van der Waals surface area contributed by atoms with E-state index in [2.05, 4.69) is 58.6 Å². The Morgan fingerprint density at radius 1 is 1.11 bits per heavy atom. The van der Waals surface area contributed by atoms with E-state index in [1.807, 2.05) is 35.2 Å². The number of carbonyl (C=O) groups excluding carboxylic acids is 2. The summed E-state index contributed by atoms with van der Waals surface area (Å²) in [6, 6.07) is 14.3. The molecule has 2 aliphatic heterocycles. The summed E-state index contributed by atoms with van der Waals surface area (Å²) in [4.78, 5) is 30.6. The van der Waals surface area contributed by atoms with Gasteiger partial charge in [0.25, 0.3) is 11.8 Å². The summed E-state index contributed by atoms with van der Waals surface area (Å²) in [7, 11) is 0. The van der Waals surface area contributed by atoms with Crippen LogP contribution in [-0.2, 0) is 16.8 Å². The predicted octanol–water partition coefficient (Wildman–Crippen LogP) is 6.34. The zero-order valence-corrected chi connectivity index (χ0v) is 22.7. The van der Waals surface area contributed by atoms with E-state index < -0.39 is 0 Å². The maximum Gasteiger partial charge on any atom is 0.265 e.